The van der Waals surface area contributed by atoms with Gasteiger partial charge in [-0.15, -0.1) is 0 Å². The Labute approximate surface area is 159 Å². The van der Waals surface area contributed by atoms with Crippen molar-refractivity contribution in [3.63, 3.8) is 0 Å². The van der Waals surface area contributed by atoms with Crippen molar-refractivity contribution in [2.75, 3.05) is 25.6 Å². The number of rotatable bonds is 8. The van der Waals surface area contributed by atoms with Gasteiger partial charge < -0.3 is 14.5 Å². The van der Waals surface area contributed by atoms with E-state index in [-0.39, 0.29) is 21.7 Å². The predicted molar refractivity (Wildman–Crippen MR) is 104 cm³/mol. The highest BCUT2D eigenvalue weighted by molar-refractivity contribution is 7.91. The minimum Gasteiger partial charge on any atom is -0.419 e. The molecule has 2 aromatic carbocycles. The molecule has 3 aromatic rings. The summed E-state index contributed by atoms with van der Waals surface area (Å²) in [5, 5.41) is 2.94. The Bertz CT molecular complexity index is 998. The zero-order chi connectivity index (χ0) is 19.3. The van der Waals surface area contributed by atoms with Gasteiger partial charge in [0.1, 0.15) is 0 Å². The summed E-state index contributed by atoms with van der Waals surface area (Å²) in [6, 6.07) is 15.8. The molecule has 0 radical (unpaired) electrons. The van der Waals surface area contributed by atoms with Gasteiger partial charge in [0.25, 0.3) is 0 Å². The molecule has 0 amide bonds. The standard InChI is InChI=1S/C20H22N2O4S/c1-15-9-6-7-12-17(15)18-22-20(19(26-18)21-13-8-14-25-2)27(23,24)16-10-4-3-5-11-16/h3-7,9-12,21H,8,13-14H2,1-2H3. The topological polar surface area (TPSA) is 81.4 Å². The van der Waals surface area contributed by atoms with Crippen LogP contribution in [0.5, 0.6) is 0 Å². The summed E-state index contributed by atoms with van der Waals surface area (Å²) in [6.45, 7) is 3.00. The molecule has 142 valence electrons. The van der Waals surface area contributed by atoms with Crippen LogP contribution in [-0.4, -0.2) is 33.7 Å². The maximum Gasteiger partial charge on any atom is 0.233 e. The normalized spacial score (nSPS) is 11.5. The number of hydrogen-bond acceptors (Lipinski definition) is 6. The van der Waals surface area contributed by atoms with E-state index < -0.39 is 9.84 Å². The van der Waals surface area contributed by atoms with Crippen molar-refractivity contribution in [2.24, 2.45) is 0 Å². The van der Waals surface area contributed by atoms with Crippen molar-refractivity contribution in [1.29, 1.82) is 0 Å². The molecule has 1 aromatic heterocycles. The molecule has 0 spiro atoms. The minimum absolute atomic E-state index is 0.107. The van der Waals surface area contributed by atoms with E-state index in [2.05, 4.69) is 10.3 Å². The second-order valence-corrected chi connectivity index (χ2v) is 7.92. The highest BCUT2D eigenvalue weighted by Crippen LogP contribution is 2.33. The van der Waals surface area contributed by atoms with Gasteiger partial charge in [-0.05, 0) is 37.1 Å². The van der Waals surface area contributed by atoms with Crippen LogP contribution >= 0.6 is 0 Å². The lowest BCUT2D eigenvalue weighted by molar-refractivity contribution is 0.197. The van der Waals surface area contributed by atoms with Crippen LogP contribution in [0.25, 0.3) is 11.5 Å². The van der Waals surface area contributed by atoms with Crippen molar-refractivity contribution in [1.82, 2.24) is 4.98 Å². The monoisotopic (exact) mass is 386 g/mol. The molecule has 0 unspecified atom stereocenters. The summed E-state index contributed by atoms with van der Waals surface area (Å²) in [5.41, 5.74) is 1.71. The fourth-order valence-electron chi connectivity index (χ4n) is 2.66. The summed E-state index contributed by atoms with van der Waals surface area (Å²) in [4.78, 5) is 4.52. The van der Waals surface area contributed by atoms with Crippen LogP contribution in [0.3, 0.4) is 0 Å². The molecule has 0 bridgehead atoms. The van der Waals surface area contributed by atoms with E-state index in [4.69, 9.17) is 9.15 Å². The molecule has 0 saturated carbocycles. The van der Waals surface area contributed by atoms with Crippen molar-refractivity contribution < 1.29 is 17.6 Å². The average molecular weight is 386 g/mol. The Morgan fingerprint density at radius 2 is 1.78 bits per heavy atom. The summed E-state index contributed by atoms with van der Waals surface area (Å²) < 4.78 is 37.0. The number of nitrogens with one attached hydrogen (secondary N) is 1. The van der Waals surface area contributed by atoms with E-state index in [1.54, 1.807) is 37.4 Å². The van der Waals surface area contributed by atoms with Crippen LogP contribution in [0.1, 0.15) is 12.0 Å². The molecule has 1 heterocycles. The molecule has 0 aliphatic carbocycles. The number of oxazole rings is 1. The van der Waals surface area contributed by atoms with Crippen molar-refractivity contribution >= 4 is 15.7 Å². The van der Waals surface area contributed by atoms with Gasteiger partial charge in [-0.2, -0.15) is 4.98 Å². The van der Waals surface area contributed by atoms with Gasteiger partial charge in [0.2, 0.25) is 26.6 Å². The van der Waals surface area contributed by atoms with Crippen LogP contribution < -0.4 is 5.32 Å². The van der Waals surface area contributed by atoms with Crippen LogP contribution in [0, 0.1) is 6.92 Å². The quantitative estimate of drug-likeness (QED) is 0.591. The molecular weight excluding hydrogens is 364 g/mol. The van der Waals surface area contributed by atoms with Gasteiger partial charge in [0.15, 0.2) is 0 Å². The van der Waals surface area contributed by atoms with Crippen LogP contribution in [0.4, 0.5) is 5.88 Å². The largest absolute Gasteiger partial charge is 0.419 e. The number of ether oxygens (including phenoxy) is 1. The van der Waals surface area contributed by atoms with E-state index in [0.29, 0.717) is 19.6 Å². The number of methoxy groups -OCH3 is 1. The first-order chi connectivity index (χ1) is 13.0. The molecule has 0 saturated heterocycles. The van der Waals surface area contributed by atoms with E-state index in [0.717, 1.165) is 11.1 Å². The maximum atomic E-state index is 13.1. The molecule has 7 heteroatoms. The zero-order valence-corrected chi connectivity index (χ0v) is 16.1. The van der Waals surface area contributed by atoms with Gasteiger partial charge >= 0.3 is 0 Å². The van der Waals surface area contributed by atoms with Gasteiger partial charge in [-0.25, -0.2) is 8.42 Å². The number of sulfone groups is 1. The van der Waals surface area contributed by atoms with Crippen LogP contribution in [0.2, 0.25) is 0 Å². The van der Waals surface area contributed by atoms with Gasteiger partial charge in [0, 0.05) is 25.8 Å². The van der Waals surface area contributed by atoms with Crippen LogP contribution in [0.15, 0.2) is 68.9 Å². The Kier molecular flexibility index (Phi) is 5.93. The lowest BCUT2D eigenvalue weighted by Crippen LogP contribution is -2.09. The highest BCUT2D eigenvalue weighted by Gasteiger charge is 2.28. The van der Waals surface area contributed by atoms with E-state index in [1.807, 2.05) is 31.2 Å². The fraction of sp³-hybridized carbons (Fsp3) is 0.250. The number of benzene rings is 2. The number of aryl methyl sites for hydroxylation is 1. The Morgan fingerprint density at radius 3 is 2.48 bits per heavy atom. The maximum absolute atomic E-state index is 13.1. The first-order valence-corrected chi connectivity index (χ1v) is 10.1. The third-order valence-corrected chi connectivity index (χ3v) is 5.77. The molecular formula is C20H22N2O4S. The van der Waals surface area contributed by atoms with E-state index in [1.165, 1.54) is 0 Å². The molecule has 0 fully saturated rings. The second-order valence-electron chi connectivity index (χ2n) is 6.06. The molecule has 3 rings (SSSR count). The highest BCUT2D eigenvalue weighted by atomic mass is 32.2. The van der Waals surface area contributed by atoms with Crippen molar-refractivity contribution in [3.05, 3.63) is 60.2 Å². The zero-order valence-electron chi connectivity index (χ0n) is 15.3. The summed E-state index contributed by atoms with van der Waals surface area (Å²) >= 11 is 0. The number of anilines is 1. The Hall–Kier alpha value is -2.64. The van der Waals surface area contributed by atoms with Gasteiger partial charge in [-0.1, -0.05) is 36.4 Å². The van der Waals surface area contributed by atoms with Crippen molar-refractivity contribution in [2.45, 2.75) is 23.3 Å². The predicted octanol–water partition coefficient (Wildman–Crippen LogP) is 3.93. The molecule has 6 nitrogen and oxygen atoms in total. The van der Waals surface area contributed by atoms with Gasteiger partial charge in [-0.3, -0.25) is 0 Å². The van der Waals surface area contributed by atoms with Crippen molar-refractivity contribution in [3.8, 4) is 11.5 Å². The lowest BCUT2D eigenvalue weighted by Gasteiger charge is -2.05. The number of nitrogens with zero attached hydrogens (tertiary/aromatic N) is 1. The Balaban J connectivity index is 2.04. The number of aromatic nitrogens is 1. The molecule has 0 atom stereocenters. The first-order valence-electron chi connectivity index (χ1n) is 8.64. The number of hydrogen-bond donors (Lipinski definition) is 1. The van der Waals surface area contributed by atoms with E-state index >= 15 is 0 Å². The fourth-order valence-corrected chi connectivity index (χ4v) is 3.96. The smallest absolute Gasteiger partial charge is 0.233 e. The molecule has 0 aliphatic rings. The summed E-state index contributed by atoms with van der Waals surface area (Å²) in [5.74, 6) is 0.421. The second kappa shape index (κ2) is 8.37. The molecule has 0 aliphatic heterocycles. The van der Waals surface area contributed by atoms with Gasteiger partial charge in [0.05, 0.1) is 4.90 Å². The van der Waals surface area contributed by atoms with Crippen LogP contribution in [-0.2, 0) is 14.6 Å². The third-order valence-electron chi connectivity index (χ3n) is 4.09. The summed E-state index contributed by atoms with van der Waals surface area (Å²) in [6.07, 6.45) is 0.710. The average Bonchev–Trinajstić information content (AvgIpc) is 3.11. The lowest BCUT2D eigenvalue weighted by atomic mass is 10.1. The SMILES string of the molecule is COCCCNc1oc(-c2ccccc2C)nc1S(=O)(=O)c1ccccc1. The Morgan fingerprint density at radius 1 is 1.07 bits per heavy atom. The third kappa shape index (κ3) is 4.20. The van der Waals surface area contributed by atoms with E-state index in [9.17, 15) is 8.42 Å². The summed E-state index contributed by atoms with van der Waals surface area (Å²) in [7, 11) is -2.19. The minimum atomic E-state index is -3.81. The molecule has 1 N–H and O–H groups in total. The first kappa shape index (κ1) is 19.1. The molecule has 27 heavy (non-hydrogen) atoms.